The number of aromatic nitrogens is 3. The fourth-order valence-electron chi connectivity index (χ4n) is 4.05. The van der Waals surface area contributed by atoms with Gasteiger partial charge >= 0.3 is 210 Å². The van der Waals surface area contributed by atoms with Crippen molar-refractivity contribution in [3.63, 3.8) is 0 Å². The summed E-state index contributed by atoms with van der Waals surface area (Å²) in [5.74, 6) is 0.342. The Labute approximate surface area is 210 Å². The van der Waals surface area contributed by atoms with Crippen LogP contribution in [0.2, 0.25) is 0 Å². The van der Waals surface area contributed by atoms with E-state index in [4.69, 9.17) is 4.98 Å². The average Bonchev–Trinajstić information content (AvgIpc) is 2.82. The number of hydrogen-bond donors (Lipinski definition) is 0. The van der Waals surface area contributed by atoms with Gasteiger partial charge < -0.3 is 0 Å². The summed E-state index contributed by atoms with van der Waals surface area (Å²) in [7, 11) is 0. The molecule has 0 amide bonds. The number of allylic oxidation sites excluding steroid dienone is 1. The average molecular weight is 512 g/mol. The van der Waals surface area contributed by atoms with E-state index in [-0.39, 0.29) is 11.2 Å². The first-order valence-electron chi connectivity index (χ1n) is 11.4. The molecule has 1 unspecified atom stereocenters. The maximum absolute atomic E-state index is 12.9. The van der Waals surface area contributed by atoms with Gasteiger partial charge in [-0.3, -0.25) is 0 Å². The van der Waals surface area contributed by atoms with Crippen LogP contribution in [-0.4, -0.2) is 37.6 Å². The molecule has 5 heteroatoms. The third-order valence-corrected chi connectivity index (χ3v) is 7.05. The van der Waals surface area contributed by atoms with E-state index >= 15 is 0 Å². The summed E-state index contributed by atoms with van der Waals surface area (Å²) >= 11 is 1.44. The van der Waals surface area contributed by atoms with Gasteiger partial charge in [0, 0.05) is 0 Å². The Balaban J connectivity index is 2.00. The number of carbonyl (C=O) groups excluding carboxylic acids is 1. The van der Waals surface area contributed by atoms with E-state index in [0.717, 1.165) is 32.1 Å². The Morgan fingerprint density at radius 1 is 1.00 bits per heavy atom. The SMILES string of the molecule is C=CC(=O)c1cc(C(C)(C)C)ccc1-c1cc(-c2ccc(C(C)C)cc2)c2c([AsH2])ncnc2n1. The second kappa shape index (κ2) is 9.27. The molecule has 0 fully saturated rings. The number of rotatable bonds is 5. The van der Waals surface area contributed by atoms with Crippen LogP contribution in [0.4, 0.5) is 0 Å². The third kappa shape index (κ3) is 4.60. The molecule has 2 aromatic heterocycles. The van der Waals surface area contributed by atoms with Crippen LogP contribution in [0, 0.1) is 0 Å². The van der Waals surface area contributed by atoms with Crippen LogP contribution < -0.4 is 4.48 Å². The minimum absolute atomic E-state index is 0.0821. The van der Waals surface area contributed by atoms with E-state index in [1.165, 1.54) is 28.5 Å². The molecular formula is C29H30AsN3O. The molecule has 4 nitrogen and oxygen atoms in total. The summed E-state index contributed by atoms with van der Waals surface area (Å²) < 4.78 is 0.935. The van der Waals surface area contributed by atoms with Crippen molar-refractivity contribution in [2.24, 2.45) is 0 Å². The molecule has 0 saturated carbocycles. The van der Waals surface area contributed by atoms with Crippen LogP contribution in [0.5, 0.6) is 0 Å². The second-order valence-corrected chi connectivity index (χ2v) is 11.0. The van der Waals surface area contributed by atoms with Crippen LogP contribution in [0.1, 0.15) is 62.0 Å². The van der Waals surface area contributed by atoms with Crippen molar-refractivity contribution in [1.29, 1.82) is 0 Å². The van der Waals surface area contributed by atoms with Gasteiger partial charge in [0.1, 0.15) is 0 Å². The number of benzene rings is 2. The topological polar surface area (TPSA) is 55.7 Å². The monoisotopic (exact) mass is 511 g/mol. The number of ketones is 1. The molecule has 0 radical (unpaired) electrons. The number of carbonyl (C=O) groups is 1. The van der Waals surface area contributed by atoms with Crippen molar-refractivity contribution in [3.05, 3.63) is 84.2 Å². The van der Waals surface area contributed by atoms with Crippen LogP contribution in [0.3, 0.4) is 0 Å². The fourth-order valence-corrected chi connectivity index (χ4v) is 4.79. The predicted molar refractivity (Wildman–Crippen MR) is 144 cm³/mol. The van der Waals surface area contributed by atoms with Crippen LogP contribution >= 0.6 is 0 Å². The quantitative estimate of drug-likeness (QED) is 0.204. The normalized spacial score (nSPS) is 11.7. The van der Waals surface area contributed by atoms with Gasteiger partial charge in [-0.05, 0) is 0 Å². The van der Waals surface area contributed by atoms with Gasteiger partial charge in [-0.15, -0.1) is 0 Å². The zero-order valence-electron chi connectivity index (χ0n) is 20.4. The molecule has 0 aliphatic carbocycles. The Hall–Kier alpha value is -3.10. The van der Waals surface area contributed by atoms with Crippen molar-refractivity contribution >= 4 is 38.2 Å². The molecule has 2 heterocycles. The van der Waals surface area contributed by atoms with Crippen LogP contribution in [-0.2, 0) is 5.41 Å². The minimum atomic E-state index is -0.118. The van der Waals surface area contributed by atoms with Crippen molar-refractivity contribution in [3.8, 4) is 22.4 Å². The summed E-state index contributed by atoms with van der Waals surface area (Å²) in [5, 5.41) is 0.950. The number of pyridine rings is 1. The Morgan fingerprint density at radius 3 is 2.32 bits per heavy atom. The van der Waals surface area contributed by atoms with Gasteiger partial charge in [-0.1, -0.05) is 0 Å². The van der Waals surface area contributed by atoms with Gasteiger partial charge in [-0.25, -0.2) is 0 Å². The first-order valence-corrected chi connectivity index (χ1v) is 12.6. The van der Waals surface area contributed by atoms with Gasteiger partial charge in [-0.2, -0.15) is 0 Å². The van der Waals surface area contributed by atoms with E-state index in [1.54, 1.807) is 6.33 Å². The first kappa shape index (κ1) is 24.0. The standard InChI is InChI=1S/C29H30AsN3O/c1-7-25(34)23-14-20(29(4,5)6)12-13-21(23)24-15-22(19-10-8-18(9-11-19)17(2)3)26-27(30)31-16-32-28(26)33-24/h7-17H,1,30H2,2-6H3. The fraction of sp³-hybridized carbons (Fsp3) is 0.241. The Kier molecular flexibility index (Phi) is 6.55. The predicted octanol–water partition coefficient (Wildman–Crippen LogP) is 5.41. The van der Waals surface area contributed by atoms with E-state index in [9.17, 15) is 4.79 Å². The molecule has 0 saturated heterocycles. The van der Waals surface area contributed by atoms with E-state index in [2.05, 4.69) is 87.6 Å². The van der Waals surface area contributed by atoms with Crippen molar-refractivity contribution in [2.75, 3.05) is 0 Å². The van der Waals surface area contributed by atoms with Gasteiger partial charge in [0.05, 0.1) is 0 Å². The molecular weight excluding hydrogens is 481 g/mol. The molecule has 0 spiro atoms. The molecule has 0 aliphatic heterocycles. The summed E-state index contributed by atoms with van der Waals surface area (Å²) in [6.07, 6.45) is 2.92. The first-order chi connectivity index (χ1) is 16.1. The van der Waals surface area contributed by atoms with E-state index in [1.807, 2.05) is 12.1 Å². The zero-order valence-corrected chi connectivity index (χ0v) is 22.8. The van der Waals surface area contributed by atoms with E-state index < -0.39 is 0 Å². The maximum atomic E-state index is 12.9. The van der Waals surface area contributed by atoms with Gasteiger partial charge in [0.15, 0.2) is 0 Å². The molecule has 172 valence electrons. The van der Waals surface area contributed by atoms with Gasteiger partial charge in [0.2, 0.25) is 0 Å². The molecule has 4 aromatic rings. The number of fused-ring (bicyclic) bond motifs is 1. The molecule has 2 aromatic carbocycles. The summed E-state index contributed by atoms with van der Waals surface area (Å²) in [6, 6.07) is 16.7. The molecule has 0 bridgehead atoms. The summed E-state index contributed by atoms with van der Waals surface area (Å²) in [4.78, 5) is 26.7. The second-order valence-electron chi connectivity index (χ2n) is 9.87. The summed E-state index contributed by atoms with van der Waals surface area (Å²) in [5.41, 5.74) is 7.12. The number of hydrogen-bond acceptors (Lipinski definition) is 4. The van der Waals surface area contributed by atoms with Crippen molar-refractivity contribution < 1.29 is 4.79 Å². The Bertz CT molecular complexity index is 1400. The molecule has 34 heavy (non-hydrogen) atoms. The third-order valence-electron chi connectivity index (χ3n) is 6.13. The number of nitrogens with zero attached hydrogens (tertiary/aromatic N) is 3. The molecule has 0 N–H and O–H groups in total. The van der Waals surface area contributed by atoms with Gasteiger partial charge in [0.25, 0.3) is 0 Å². The van der Waals surface area contributed by atoms with Crippen molar-refractivity contribution in [1.82, 2.24) is 15.0 Å². The molecule has 4 rings (SSSR count). The zero-order chi connectivity index (χ0) is 24.6. The van der Waals surface area contributed by atoms with Crippen LogP contribution in [0.15, 0.2) is 67.5 Å². The summed E-state index contributed by atoms with van der Waals surface area (Å²) in [6.45, 7) is 14.5. The Morgan fingerprint density at radius 2 is 1.71 bits per heavy atom. The molecule has 0 aliphatic rings. The molecule has 1 atom stereocenters. The van der Waals surface area contributed by atoms with E-state index in [0.29, 0.717) is 22.8 Å². The van der Waals surface area contributed by atoms with Crippen LogP contribution in [0.25, 0.3) is 33.4 Å². The van der Waals surface area contributed by atoms with Crippen molar-refractivity contribution in [2.45, 2.75) is 46.0 Å².